The van der Waals surface area contributed by atoms with Crippen molar-refractivity contribution in [2.75, 3.05) is 20.1 Å². The van der Waals surface area contributed by atoms with Crippen molar-refractivity contribution in [3.63, 3.8) is 0 Å². The van der Waals surface area contributed by atoms with Crippen LogP contribution in [0.4, 0.5) is 0 Å². The second kappa shape index (κ2) is 5.58. The fourth-order valence-electron chi connectivity index (χ4n) is 2.26. The lowest BCUT2D eigenvalue weighted by molar-refractivity contribution is -0.164. The van der Waals surface area contributed by atoms with E-state index >= 15 is 0 Å². The van der Waals surface area contributed by atoms with Gasteiger partial charge in [0.25, 0.3) is 5.91 Å². The Hall–Kier alpha value is -1.96. The van der Waals surface area contributed by atoms with Crippen molar-refractivity contribution in [2.45, 2.75) is 32.0 Å². The zero-order chi connectivity index (χ0) is 14.9. The zero-order valence-corrected chi connectivity index (χ0v) is 11.4. The third-order valence-corrected chi connectivity index (χ3v) is 3.28. The Labute approximate surface area is 116 Å². The fourth-order valence-corrected chi connectivity index (χ4v) is 2.26. The summed E-state index contributed by atoms with van der Waals surface area (Å²) in [6.07, 6.45) is -0.849. The number of rotatable bonds is 2. The van der Waals surface area contributed by atoms with Gasteiger partial charge in [0.2, 0.25) is 5.91 Å². The van der Waals surface area contributed by atoms with E-state index in [0.717, 1.165) is 5.01 Å². The molecule has 8 heteroatoms. The van der Waals surface area contributed by atoms with Crippen LogP contribution in [0.3, 0.4) is 0 Å². The molecule has 8 nitrogen and oxygen atoms in total. The number of carbonyl (C=O) groups is 3. The highest BCUT2D eigenvalue weighted by Crippen LogP contribution is 2.15. The number of hydrogen-bond acceptors (Lipinski definition) is 5. The highest BCUT2D eigenvalue weighted by Gasteiger charge is 2.35. The van der Waals surface area contributed by atoms with Crippen LogP contribution >= 0.6 is 0 Å². The molecular formula is C12H17N3O5. The van der Waals surface area contributed by atoms with E-state index in [2.05, 4.69) is 5.10 Å². The van der Waals surface area contributed by atoms with Crippen LogP contribution in [0, 0.1) is 0 Å². The summed E-state index contributed by atoms with van der Waals surface area (Å²) in [6, 6.07) is 0. The molecule has 0 aliphatic carbocycles. The van der Waals surface area contributed by atoms with E-state index in [-0.39, 0.29) is 43.0 Å². The molecule has 0 spiro atoms. The number of nitrogens with zero attached hydrogens (tertiary/aromatic N) is 3. The Morgan fingerprint density at radius 1 is 1.35 bits per heavy atom. The Balaban J connectivity index is 2.10. The number of carbonyl (C=O) groups excluding carboxylic acids is 2. The Morgan fingerprint density at radius 2 is 2.05 bits per heavy atom. The van der Waals surface area contributed by atoms with Gasteiger partial charge < -0.3 is 14.7 Å². The van der Waals surface area contributed by atoms with Crippen molar-refractivity contribution < 1.29 is 24.2 Å². The lowest BCUT2D eigenvalue weighted by atomic mass is 10.1. The maximum Gasteiger partial charge on any atom is 0.334 e. The minimum Gasteiger partial charge on any atom is -0.479 e. The smallest absolute Gasteiger partial charge is 0.334 e. The van der Waals surface area contributed by atoms with Gasteiger partial charge in [-0.25, -0.2) is 9.80 Å². The third-order valence-electron chi connectivity index (χ3n) is 3.28. The fraction of sp³-hybridized carbons (Fsp3) is 0.667. The van der Waals surface area contributed by atoms with Crippen molar-refractivity contribution in [3.8, 4) is 0 Å². The van der Waals surface area contributed by atoms with Crippen LogP contribution in [-0.2, 0) is 19.1 Å². The summed E-state index contributed by atoms with van der Waals surface area (Å²) in [5.74, 6) is -1.56. The number of morpholine rings is 1. The molecule has 2 amide bonds. The molecular weight excluding hydrogens is 266 g/mol. The average Bonchev–Trinajstić information content (AvgIpc) is 2.40. The van der Waals surface area contributed by atoms with Gasteiger partial charge in [-0.3, -0.25) is 9.59 Å². The van der Waals surface area contributed by atoms with Gasteiger partial charge in [0.15, 0.2) is 6.10 Å². The largest absolute Gasteiger partial charge is 0.479 e. The highest BCUT2D eigenvalue weighted by molar-refractivity contribution is 6.39. The summed E-state index contributed by atoms with van der Waals surface area (Å²) in [4.78, 5) is 36.1. The highest BCUT2D eigenvalue weighted by atomic mass is 16.5. The molecule has 1 saturated heterocycles. The number of hydrazone groups is 1. The molecule has 2 heterocycles. The van der Waals surface area contributed by atoms with Crippen molar-refractivity contribution >= 4 is 23.5 Å². The van der Waals surface area contributed by atoms with Gasteiger partial charge in [-0.1, -0.05) is 0 Å². The molecule has 2 aliphatic rings. The minimum absolute atomic E-state index is 0.00477. The third kappa shape index (κ3) is 2.96. The average molecular weight is 283 g/mol. The van der Waals surface area contributed by atoms with E-state index < -0.39 is 12.1 Å². The van der Waals surface area contributed by atoms with Gasteiger partial charge in [0.05, 0.1) is 12.6 Å². The van der Waals surface area contributed by atoms with Crippen LogP contribution in [0.1, 0.15) is 19.8 Å². The predicted octanol–water partition coefficient (Wildman–Crippen LogP) is -0.705. The minimum atomic E-state index is -1.09. The maximum atomic E-state index is 12.3. The van der Waals surface area contributed by atoms with Crippen LogP contribution < -0.4 is 0 Å². The summed E-state index contributed by atoms with van der Waals surface area (Å²) in [6.45, 7) is 2.03. The number of carboxylic acid groups (broad SMARTS) is 1. The maximum absolute atomic E-state index is 12.3. The van der Waals surface area contributed by atoms with E-state index in [1.54, 1.807) is 6.92 Å². The van der Waals surface area contributed by atoms with Crippen LogP contribution in [0.5, 0.6) is 0 Å². The normalized spacial score (nSPS) is 27.3. The van der Waals surface area contributed by atoms with Crippen LogP contribution in [0.25, 0.3) is 0 Å². The SMILES string of the molecule is C[C@@H]1CN(C(=O)C2=NN(C)C(=O)CC2)CC(C(=O)O)O1. The van der Waals surface area contributed by atoms with Crippen LogP contribution in [0.15, 0.2) is 5.10 Å². The quantitative estimate of drug-likeness (QED) is 0.722. The van der Waals surface area contributed by atoms with Gasteiger partial charge in [0.1, 0.15) is 5.71 Å². The molecule has 1 fully saturated rings. The van der Waals surface area contributed by atoms with Gasteiger partial charge in [-0.15, -0.1) is 0 Å². The van der Waals surface area contributed by atoms with E-state index in [9.17, 15) is 14.4 Å². The van der Waals surface area contributed by atoms with E-state index in [0.29, 0.717) is 6.54 Å². The number of amides is 2. The molecule has 0 aromatic rings. The van der Waals surface area contributed by atoms with Crippen LogP contribution in [-0.4, -0.2) is 70.9 Å². The Kier molecular flexibility index (Phi) is 4.03. The molecule has 0 saturated carbocycles. The topological polar surface area (TPSA) is 99.5 Å². The second-order valence-electron chi connectivity index (χ2n) is 4.95. The summed E-state index contributed by atoms with van der Waals surface area (Å²) in [5, 5.41) is 14.1. The molecule has 1 N–H and O–H groups in total. The number of ether oxygens (including phenoxy) is 1. The number of hydrogen-bond donors (Lipinski definition) is 1. The molecule has 2 rings (SSSR count). The van der Waals surface area contributed by atoms with E-state index in [1.165, 1.54) is 11.9 Å². The number of aliphatic carboxylic acids is 1. The Morgan fingerprint density at radius 3 is 2.65 bits per heavy atom. The van der Waals surface area contributed by atoms with Crippen LogP contribution in [0.2, 0.25) is 0 Å². The first-order valence-corrected chi connectivity index (χ1v) is 6.40. The van der Waals surface area contributed by atoms with Crippen molar-refractivity contribution in [1.29, 1.82) is 0 Å². The monoisotopic (exact) mass is 283 g/mol. The van der Waals surface area contributed by atoms with Gasteiger partial charge in [0, 0.05) is 26.4 Å². The predicted molar refractivity (Wildman–Crippen MR) is 68.0 cm³/mol. The molecule has 2 atom stereocenters. The molecule has 0 aromatic heterocycles. The number of carboxylic acids is 1. The van der Waals surface area contributed by atoms with Crippen molar-refractivity contribution in [1.82, 2.24) is 9.91 Å². The lowest BCUT2D eigenvalue weighted by Gasteiger charge is -2.35. The second-order valence-corrected chi connectivity index (χ2v) is 4.95. The molecule has 0 radical (unpaired) electrons. The van der Waals surface area contributed by atoms with E-state index in [4.69, 9.17) is 9.84 Å². The van der Waals surface area contributed by atoms with Crippen molar-refractivity contribution in [3.05, 3.63) is 0 Å². The van der Waals surface area contributed by atoms with Gasteiger partial charge in [-0.2, -0.15) is 5.10 Å². The summed E-state index contributed by atoms with van der Waals surface area (Å²) < 4.78 is 5.26. The van der Waals surface area contributed by atoms with Crippen molar-refractivity contribution in [2.24, 2.45) is 5.10 Å². The zero-order valence-electron chi connectivity index (χ0n) is 11.4. The van der Waals surface area contributed by atoms with E-state index in [1.807, 2.05) is 0 Å². The summed E-state index contributed by atoms with van der Waals surface area (Å²) in [7, 11) is 1.50. The first kappa shape index (κ1) is 14.4. The molecule has 20 heavy (non-hydrogen) atoms. The molecule has 0 bridgehead atoms. The first-order chi connectivity index (χ1) is 9.38. The molecule has 2 aliphatic heterocycles. The van der Waals surface area contributed by atoms with Gasteiger partial charge >= 0.3 is 5.97 Å². The first-order valence-electron chi connectivity index (χ1n) is 6.40. The van der Waals surface area contributed by atoms with Gasteiger partial charge in [-0.05, 0) is 6.92 Å². The molecule has 0 aromatic carbocycles. The summed E-state index contributed by atoms with van der Waals surface area (Å²) in [5.41, 5.74) is 0.283. The standard InChI is InChI=1S/C12H17N3O5/c1-7-5-15(6-9(20-7)12(18)19)11(17)8-3-4-10(16)14(2)13-8/h7,9H,3-6H2,1-2H3,(H,18,19)/t7-,9?/m1/s1. The molecule has 1 unspecified atom stereocenters. The molecule has 110 valence electrons. The summed E-state index contributed by atoms with van der Waals surface area (Å²) >= 11 is 0. The lowest BCUT2D eigenvalue weighted by Crippen LogP contribution is -2.54. The Bertz CT molecular complexity index is 476.